The molecule has 2 nitrogen and oxygen atoms in total. The molecule has 22 heavy (non-hydrogen) atoms. The summed E-state index contributed by atoms with van der Waals surface area (Å²) >= 11 is 0. The SMILES string of the molecule is CC(C)(C)c1ccc(CC2=CC3CCCC(C2)S3(=O)=O)cc1. The zero-order chi connectivity index (χ0) is 16.0. The van der Waals surface area contributed by atoms with Gasteiger partial charge in [-0.2, -0.15) is 0 Å². The molecule has 0 spiro atoms. The van der Waals surface area contributed by atoms with Crippen molar-refractivity contribution in [2.24, 2.45) is 0 Å². The molecule has 0 aliphatic carbocycles. The van der Waals surface area contributed by atoms with Gasteiger partial charge in [-0.25, -0.2) is 8.42 Å². The van der Waals surface area contributed by atoms with Crippen LogP contribution in [0.25, 0.3) is 0 Å². The second-order valence-corrected chi connectivity index (χ2v) is 10.3. The summed E-state index contributed by atoms with van der Waals surface area (Å²) in [5.41, 5.74) is 4.12. The Hall–Kier alpha value is -1.09. The van der Waals surface area contributed by atoms with E-state index in [0.717, 1.165) is 32.1 Å². The van der Waals surface area contributed by atoms with Crippen LogP contribution < -0.4 is 0 Å². The van der Waals surface area contributed by atoms with E-state index in [1.54, 1.807) is 0 Å². The highest BCUT2D eigenvalue weighted by Gasteiger charge is 2.40. The van der Waals surface area contributed by atoms with Crippen LogP contribution in [0, 0.1) is 0 Å². The number of hydrogen-bond donors (Lipinski definition) is 0. The molecule has 3 heteroatoms. The van der Waals surface area contributed by atoms with E-state index in [0.29, 0.717) is 0 Å². The molecule has 1 saturated heterocycles. The molecule has 0 N–H and O–H groups in total. The molecule has 1 aromatic rings. The van der Waals surface area contributed by atoms with Gasteiger partial charge in [-0.3, -0.25) is 0 Å². The molecule has 0 aromatic heterocycles. The summed E-state index contributed by atoms with van der Waals surface area (Å²) in [7, 11) is -2.89. The molecule has 0 amide bonds. The van der Waals surface area contributed by atoms with Gasteiger partial charge in [-0.05, 0) is 42.2 Å². The summed E-state index contributed by atoms with van der Waals surface area (Å²) in [6.07, 6.45) is 6.39. The monoisotopic (exact) mass is 318 g/mol. The van der Waals surface area contributed by atoms with Gasteiger partial charge >= 0.3 is 0 Å². The van der Waals surface area contributed by atoms with Gasteiger partial charge in [0, 0.05) is 0 Å². The highest BCUT2D eigenvalue weighted by molar-refractivity contribution is 7.92. The molecule has 0 radical (unpaired) electrons. The Kier molecular flexibility index (Phi) is 3.96. The fourth-order valence-corrected chi connectivity index (χ4v) is 5.97. The molecule has 120 valence electrons. The lowest BCUT2D eigenvalue weighted by molar-refractivity contribution is 0.507. The lowest BCUT2D eigenvalue weighted by atomic mass is 9.86. The topological polar surface area (TPSA) is 34.1 Å². The third-order valence-electron chi connectivity index (χ3n) is 5.06. The van der Waals surface area contributed by atoms with E-state index in [2.05, 4.69) is 45.0 Å². The minimum absolute atomic E-state index is 0.125. The Morgan fingerprint density at radius 3 is 2.36 bits per heavy atom. The fourth-order valence-electron chi connectivity index (χ4n) is 3.66. The van der Waals surface area contributed by atoms with Gasteiger partial charge in [0.2, 0.25) is 0 Å². The van der Waals surface area contributed by atoms with Gasteiger partial charge in [-0.1, -0.05) is 63.1 Å². The third-order valence-corrected chi connectivity index (χ3v) is 7.61. The predicted molar refractivity (Wildman–Crippen MR) is 91.9 cm³/mol. The van der Waals surface area contributed by atoms with Crippen molar-refractivity contribution in [2.45, 2.75) is 68.8 Å². The van der Waals surface area contributed by atoms with Crippen LogP contribution in [0.4, 0.5) is 0 Å². The Morgan fingerprint density at radius 1 is 1.09 bits per heavy atom. The highest BCUT2D eigenvalue weighted by Crippen LogP contribution is 2.36. The Labute approximate surface area is 134 Å². The first-order valence-corrected chi connectivity index (χ1v) is 9.89. The molecule has 2 aliphatic rings. The van der Waals surface area contributed by atoms with Gasteiger partial charge < -0.3 is 0 Å². The summed E-state index contributed by atoms with van der Waals surface area (Å²) in [6, 6.07) is 8.80. The van der Waals surface area contributed by atoms with Crippen LogP contribution in [0.15, 0.2) is 35.9 Å². The van der Waals surface area contributed by atoms with E-state index in [-0.39, 0.29) is 15.9 Å². The Bertz CT molecular complexity index is 675. The molecule has 1 aromatic carbocycles. The zero-order valence-electron chi connectivity index (χ0n) is 13.8. The van der Waals surface area contributed by atoms with Crippen molar-refractivity contribution in [3.05, 3.63) is 47.0 Å². The lowest BCUT2D eigenvalue weighted by Crippen LogP contribution is -2.39. The summed E-state index contributed by atoms with van der Waals surface area (Å²) in [5, 5.41) is -0.344. The number of rotatable bonds is 2. The first kappa shape index (κ1) is 15.8. The quantitative estimate of drug-likeness (QED) is 0.766. The Balaban J connectivity index is 1.78. The normalized spacial score (nSPS) is 27.3. The number of sulfone groups is 1. The first-order valence-electron chi connectivity index (χ1n) is 8.28. The summed E-state index contributed by atoms with van der Waals surface area (Å²) in [6.45, 7) is 6.66. The molecule has 2 heterocycles. The molecular weight excluding hydrogens is 292 g/mol. The van der Waals surface area contributed by atoms with Crippen LogP contribution in [-0.2, 0) is 21.7 Å². The van der Waals surface area contributed by atoms with Crippen LogP contribution in [-0.4, -0.2) is 18.9 Å². The lowest BCUT2D eigenvalue weighted by Gasteiger charge is -2.33. The molecule has 2 bridgehead atoms. The molecule has 2 unspecified atom stereocenters. The summed E-state index contributed by atoms with van der Waals surface area (Å²) < 4.78 is 24.6. The van der Waals surface area contributed by atoms with E-state index in [9.17, 15) is 8.42 Å². The van der Waals surface area contributed by atoms with E-state index in [4.69, 9.17) is 0 Å². The van der Waals surface area contributed by atoms with Crippen molar-refractivity contribution in [3.8, 4) is 0 Å². The Morgan fingerprint density at radius 2 is 1.77 bits per heavy atom. The van der Waals surface area contributed by atoms with Crippen molar-refractivity contribution in [1.82, 2.24) is 0 Å². The zero-order valence-corrected chi connectivity index (χ0v) is 14.6. The largest absolute Gasteiger partial charge is 0.228 e. The van der Waals surface area contributed by atoms with Crippen molar-refractivity contribution in [3.63, 3.8) is 0 Å². The number of benzene rings is 1. The second-order valence-electron chi connectivity index (χ2n) is 7.83. The van der Waals surface area contributed by atoms with Gasteiger partial charge in [0.1, 0.15) is 0 Å². The molecular formula is C19H26O2S. The number of hydrogen-bond acceptors (Lipinski definition) is 2. The first-order chi connectivity index (χ1) is 10.3. The average molecular weight is 318 g/mol. The van der Waals surface area contributed by atoms with E-state index < -0.39 is 9.84 Å². The van der Waals surface area contributed by atoms with Gasteiger partial charge in [0.15, 0.2) is 9.84 Å². The predicted octanol–water partition coefficient (Wildman–Crippen LogP) is 4.19. The maximum Gasteiger partial charge on any atom is 0.159 e. The van der Waals surface area contributed by atoms with Gasteiger partial charge in [-0.15, -0.1) is 0 Å². The van der Waals surface area contributed by atoms with Crippen molar-refractivity contribution in [2.75, 3.05) is 0 Å². The van der Waals surface area contributed by atoms with Gasteiger partial charge in [0.05, 0.1) is 10.5 Å². The number of allylic oxidation sites excluding steroid dienone is 1. The fraction of sp³-hybridized carbons (Fsp3) is 0.579. The van der Waals surface area contributed by atoms with E-state index in [1.807, 2.05) is 6.08 Å². The minimum atomic E-state index is -2.89. The van der Waals surface area contributed by atoms with Crippen molar-refractivity contribution < 1.29 is 8.42 Å². The highest BCUT2D eigenvalue weighted by atomic mass is 32.2. The van der Waals surface area contributed by atoms with Crippen LogP contribution in [0.2, 0.25) is 0 Å². The van der Waals surface area contributed by atoms with E-state index in [1.165, 1.54) is 16.7 Å². The molecule has 2 atom stereocenters. The summed E-state index contributed by atoms with van der Waals surface area (Å²) in [4.78, 5) is 0. The average Bonchev–Trinajstić information content (AvgIpc) is 2.39. The smallest absolute Gasteiger partial charge is 0.159 e. The van der Waals surface area contributed by atoms with Crippen LogP contribution in [0.1, 0.15) is 57.6 Å². The molecule has 3 rings (SSSR count). The maximum absolute atomic E-state index is 12.3. The standard InChI is InChI=1S/C19H26O2S/c1-19(2,3)16-9-7-14(8-10-16)11-15-12-17-5-4-6-18(13-15)22(17,20)21/h7-10,12,17-18H,4-6,11,13H2,1-3H3. The molecule has 0 saturated carbocycles. The number of fused-ring (bicyclic) bond motifs is 2. The third kappa shape index (κ3) is 3.01. The molecule has 1 fully saturated rings. The van der Waals surface area contributed by atoms with Crippen LogP contribution >= 0.6 is 0 Å². The van der Waals surface area contributed by atoms with Crippen LogP contribution in [0.3, 0.4) is 0 Å². The summed E-state index contributed by atoms with van der Waals surface area (Å²) in [5.74, 6) is 0. The maximum atomic E-state index is 12.3. The minimum Gasteiger partial charge on any atom is -0.228 e. The van der Waals surface area contributed by atoms with Crippen LogP contribution in [0.5, 0.6) is 0 Å². The molecule has 2 aliphatic heterocycles. The van der Waals surface area contributed by atoms with Gasteiger partial charge in [0.25, 0.3) is 0 Å². The van der Waals surface area contributed by atoms with Crippen molar-refractivity contribution in [1.29, 1.82) is 0 Å². The van der Waals surface area contributed by atoms with Crippen molar-refractivity contribution >= 4 is 9.84 Å². The van der Waals surface area contributed by atoms with E-state index >= 15 is 0 Å². The second kappa shape index (κ2) is 5.52.